The summed E-state index contributed by atoms with van der Waals surface area (Å²) >= 11 is 11.1. The second-order valence-corrected chi connectivity index (χ2v) is 12.3. The number of nitrogens with two attached hydrogens (primary N) is 2. The van der Waals surface area contributed by atoms with Crippen LogP contribution < -0.4 is 16.8 Å². The summed E-state index contributed by atoms with van der Waals surface area (Å²) in [6.07, 6.45) is 0. The molecule has 0 aromatic heterocycles. The smallest absolute Gasteiger partial charge is 0.397 e. The molecule has 212 valence electrons. The van der Waals surface area contributed by atoms with Gasteiger partial charge in [0, 0.05) is 0 Å². The van der Waals surface area contributed by atoms with Crippen molar-refractivity contribution in [2.24, 2.45) is 25.9 Å². The first-order valence-corrected chi connectivity index (χ1v) is 15.1. The minimum atomic E-state index is -4.83. The summed E-state index contributed by atoms with van der Waals surface area (Å²) in [5, 5.41) is 9.32. The highest BCUT2D eigenvalue weighted by atomic mass is 35.5. The van der Waals surface area contributed by atoms with Gasteiger partial charge in [0.1, 0.15) is 16.4 Å². The van der Waals surface area contributed by atoms with Crippen molar-refractivity contribution in [3.05, 3.63) is 48.8 Å². The normalized spacial score (nSPS) is 13.5. The van der Waals surface area contributed by atoms with Crippen LogP contribution in [0.25, 0.3) is 0 Å². The van der Waals surface area contributed by atoms with E-state index in [9.17, 15) is 29.8 Å². The van der Waals surface area contributed by atoms with Gasteiger partial charge in [0.05, 0.1) is 34.3 Å². The van der Waals surface area contributed by atoms with Crippen molar-refractivity contribution in [2.45, 2.75) is 9.79 Å². The van der Waals surface area contributed by atoms with Crippen LogP contribution in [0.4, 0.5) is 22.7 Å². The molecule has 0 radical (unpaired) electrons. The van der Waals surface area contributed by atoms with Crippen LogP contribution >= 0.6 is 23.2 Å². The highest BCUT2D eigenvalue weighted by molar-refractivity contribution is 7.91. The molecule has 0 unspecified atom stereocenters. The van der Waals surface area contributed by atoms with Gasteiger partial charge in [-0.2, -0.15) is 26.9 Å². The highest BCUT2D eigenvalue weighted by Gasteiger charge is 2.20. The number of rotatable bonds is 11. The van der Waals surface area contributed by atoms with Crippen LogP contribution in [0, 0.1) is 0 Å². The van der Waals surface area contributed by atoms with Gasteiger partial charge in [-0.15, -0.1) is 5.11 Å². The summed E-state index contributed by atoms with van der Waals surface area (Å²) in [5.41, 5.74) is 10.7. The maximum atomic E-state index is 12.2. The molecule has 0 aliphatic carbocycles. The number of anilines is 2. The first-order chi connectivity index (χ1) is 17.9. The average Bonchev–Trinajstić information content (AvgIpc) is 2.76. The fourth-order valence-electron chi connectivity index (χ4n) is 2.59. The molecule has 0 amide bonds. The zero-order chi connectivity index (χ0) is 29.6. The van der Waals surface area contributed by atoms with Crippen molar-refractivity contribution in [3.8, 4) is 0 Å². The summed E-state index contributed by atoms with van der Waals surface area (Å²) in [7, 11) is -13.6. The van der Waals surface area contributed by atoms with E-state index in [1.807, 2.05) is 0 Å². The van der Waals surface area contributed by atoms with Crippen LogP contribution in [-0.2, 0) is 34.5 Å². The monoisotopic (exact) mass is 643 g/mol. The standard InChI is InChI=1S/C18H19Cl2N7O9S3/c1-10(24-18(20)25-17(19)22)23-15-8-13(21)14(9-16(15)38(30,31)32)27-26-11-2-4-12(5-3-11)37(28,29)7-6-36-39(33,34)35/h2-5,8-9,23H,1,6-7,21H2,(H2,22,24,25)(H,30,31,32)(H,33,34,35)/b27-26+. The lowest BCUT2D eigenvalue weighted by Crippen LogP contribution is -2.15. The molecule has 0 saturated heterocycles. The van der Waals surface area contributed by atoms with Gasteiger partial charge in [-0.25, -0.2) is 17.6 Å². The summed E-state index contributed by atoms with van der Waals surface area (Å²) in [6.45, 7) is 2.72. The number of hydrogen-bond acceptors (Lipinski definition) is 12. The van der Waals surface area contributed by atoms with Crippen molar-refractivity contribution < 1.29 is 38.5 Å². The van der Waals surface area contributed by atoms with E-state index < -0.39 is 58.2 Å². The third-order valence-corrected chi connectivity index (χ3v) is 7.47. The van der Waals surface area contributed by atoms with Gasteiger partial charge in [-0.1, -0.05) is 6.58 Å². The zero-order valence-electron chi connectivity index (χ0n) is 19.3. The first kappa shape index (κ1) is 32.0. The molecule has 21 heteroatoms. The van der Waals surface area contributed by atoms with Gasteiger partial charge in [-0.3, -0.25) is 9.11 Å². The number of nitrogens with one attached hydrogen (secondary N) is 1. The van der Waals surface area contributed by atoms with E-state index in [1.165, 1.54) is 12.1 Å². The SMILES string of the molecule is C=C(/N=C(Cl)\N=C(/N)Cl)Nc1cc(N)c(/N=N/c2ccc(S(=O)(=O)CCOS(=O)(=O)O)cc2)cc1S(=O)(=O)O. The van der Waals surface area contributed by atoms with Crippen LogP contribution in [-0.4, -0.2) is 57.3 Å². The Hall–Kier alpha value is -3.17. The number of hydrogen-bond donors (Lipinski definition) is 5. The molecule has 16 nitrogen and oxygen atoms in total. The van der Waals surface area contributed by atoms with E-state index in [4.69, 9.17) is 39.2 Å². The number of amidine groups is 2. The summed E-state index contributed by atoms with van der Waals surface area (Å²) in [6, 6.07) is 6.79. The Bertz CT molecular complexity index is 1670. The van der Waals surface area contributed by atoms with Crippen molar-refractivity contribution in [3.63, 3.8) is 0 Å². The van der Waals surface area contributed by atoms with Crippen LogP contribution in [0.1, 0.15) is 0 Å². The molecule has 2 aromatic rings. The molecular weight excluding hydrogens is 625 g/mol. The van der Waals surface area contributed by atoms with Gasteiger partial charge < -0.3 is 16.8 Å². The minimum absolute atomic E-state index is 0.0995. The van der Waals surface area contributed by atoms with Crippen molar-refractivity contribution >= 4 is 86.9 Å². The van der Waals surface area contributed by atoms with Gasteiger partial charge in [0.25, 0.3) is 10.1 Å². The van der Waals surface area contributed by atoms with Gasteiger partial charge in [0.15, 0.2) is 15.1 Å². The number of aliphatic imine (C=N–C) groups is 2. The minimum Gasteiger partial charge on any atom is -0.397 e. The number of nitrogen functional groups attached to an aromatic ring is 1. The molecule has 0 spiro atoms. The fourth-order valence-corrected chi connectivity index (χ4v) is 5.04. The lowest BCUT2D eigenvalue weighted by atomic mass is 10.2. The van der Waals surface area contributed by atoms with Crippen molar-refractivity contribution in [1.29, 1.82) is 0 Å². The van der Waals surface area contributed by atoms with Crippen LogP contribution in [0.3, 0.4) is 0 Å². The Morgan fingerprint density at radius 1 is 1.00 bits per heavy atom. The maximum Gasteiger partial charge on any atom is 0.397 e. The predicted molar refractivity (Wildman–Crippen MR) is 144 cm³/mol. The second-order valence-electron chi connectivity index (χ2n) is 7.03. The maximum absolute atomic E-state index is 12.2. The van der Waals surface area contributed by atoms with E-state index in [0.717, 1.165) is 24.3 Å². The molecule has 0 bridgehead atoms. The van der Waals surface area contributed by atoms with E-state index >= 15 is 0 Å². The number of nitrogens with zero attached hydrogens (tertiary/aromatic N) is 4. The van der Waals surface area contributed by atoms with Crippen molar-refractivity contribution in [2.75, 3.05) is 23.4 Å². The lowest BCUT2D eigenvalue weighted by molar-refractivity contribution is 0.284. The molecule has 2 aromatic carbocycles. The Morgan fingerprint density at radius 2 is 1.62 bits per heavy atom. The molecule has 39 heavy (non-hydrogen) atoms. The fraction of sp³-hybridized carbons (Fsp3) is 0.111. The number of azo groups is 1. The Labute approximate surface area is 232 Å². The van der Waals surface area contributed by atoms with E-state index in [-0.39, 0.29) is 33.5 Å². The van der Waals surface area contributed by atoms with Crippen LogP contribution in [0.2, 0.25) is 0 Å². The first-order valence-electron chi connectivity index (χ1n) is 9.84. The summed E-state index contributed by atoms with van der Waals surface area (Å²) in [5.74, 6) is -0.958. The molecule has 0 heterocycles. The van der Waals surface area contributed by atoms with Crippen molar-refractivity contribution in [1.82, 2.24) is 0 Å². The number of benzene rings is 2. The predicted octanol–water partition coefficient (Wildman–Crippen LogP) is 2.56. The highest BCUT2D eigenvalue weighted by Crippen LogP contribution is 2.34. The van der Waals surface area contributed by atoms with Crippen LogP contribution in [0.5, 0.6) is 0 Å². The third-order valence-electron chi connectivity index (χ3n) is 4.17. The van der Waals surface area contributed by atoms with E-state index in [2.05, 4.69) is 36.3 Å². The van der Waals surface area contributed by atoms with Gasteiger partial charge >= 0.3 is 10.4 Å². The van der Waals surface area contributed by atoms with E-state index in [0.29, 0.717) is 0 Å². The van der Waals surface area contributed by atoms with Crippen LogP contribution in [0.15, 0.2) is 78.8 Å². The Morgan fingerprint density at radius 3 is 2.15 bits per heavy atom. The summed E-state index contributed by atoms with van der Waals surface area (Å²) in [4.78, 5) is 6.26. The average molecular weight is 644 g/mol. The Balaban J connectivity index is 2.30. The molecule has 2 rings (SSSR count). The quantitative estimate of drug-likeness (QED) is 0.0590. The molecule has 0 aliphatic heterocycles. The Kier molecular flexibility index (Phi) is 10.5. The molecule has 0 atom stereocenters. The van der Waals surface area contributed by atoms with E-state index in [1.54, 1.807) is 0 Å². The molecule has 0 saturated carbocycles. The van der Waals surface area contributed by atoms with Gasteiger partial charge in [-0.05, 0) is 59.6 Å². The third kappa shape index (κ3) is 10.5. The second kappa shape index (κ2) is 12.8. The zero-order valence-corrected chi connectivity index (χ0v) is 23.2. The lowest BCUT2D eigenvalue weighted by Gasteiger charge is -2.12. The molecule has 0 aliphatic rings. The van der Waals surface area contributed by atoms with Gasteiger partial charge in [0.2, 0.25) is 5.29 Å². The molecule has 7 N–H and O–H groups in total. The number of halogens is 2. The topological polar surface area (TPSA) is 266 Å². The molecule has 0 fully saturated rings. The summed E-state index contributed by atoms with van der Waals surface area (Å²) < 4.78 is 91.7. The largest absolute Gasteiger partial charge is 0.397 e. The number of sulfone groups is 1. The molecular formula is C18H19Cl2N7O9S3.